The number of carbonyl (C=O) groups excluding carboxylic acids is 1. The highest BCUT2D eigenvalue weighted by molar-refractivity contribution is 5.99. The molecule has 24 heavy (non-hydrogen) atoms. The van der Waals surface area contributed by atoms with Crippen molar-refractivity contribution < 1.29 is 4.79 Å². The molecular formula is C20H23N3O. The Morgan fingerprint density at radius 2 is 1.71 bits per heavy atom. The van der Waals surface area contributed by atoms with Gasteiger partial charge in [0.1, 0.15) is 5.65 Å². The standard InChI is InChI=1S/C10H11N3O.C10H12/c1-6-5-7(2)13-4-3-8(9(11)14)10(13)12-6;1-2-6-10-8-4-3-7-9(10)5-1/h3-5H,1-2H3,(H2,11,14);1-2,5-6H,3-4,7-8H2. The van der Waals surface area contributed by atoms with Gasteiger partial charge in [0.25, 0.3) is 5.91 Å². The minimum Gasteiger partial charge on any atom is -0.365 e. The van der Waals surface area contributed by atoms with Crippen LogP contribution in [0, 0.1) is 13.8 Å². The molecule has 0 saturated carbocycles. The van der Waals surface area contributed by atoms with Gasteiger partial charge in [-0.25, -0.2) is 4.98 Å². The Balaban J connectivity index is 0.000000149. The number of hydrogen-bond acceptors (Lipinski definition) is 2. The molecule has 0 atom stereocenters. The fourth-order valence-corrected chi connectivity index (χ4v) is 3.26. The molecule has 3 aromatic rings. The largest absolute Gasteiger partial charge is 0.365 e. The van der Waals surface area contributed by atoms with Crippen molar-refractivity contribution in [2.45, 2.75) is 39.5 Å². The van der Waals surface area contributed by atoms with E-state index in [-0.39, 0.29) is 0 Å². The first kappa shape index (κ1) is 16.2. The third kappa shape index (κ3) is 3.32. The van der Waals surface area contributed by atoms with E-state index in [4.69, 9.17) is 5.73 Å². The summed E-state index contributed by atoms with van der Waals surface area (Å²) in [4.78, 5) is 15.3. The molecule has 1 aliphatic rings. The van der Waals surface area contributed by atoms with Gasteiger partial charge in [-0.2, -0.15) is 0 Å². The highest BCUT2D eigenvalue weighted by Crippen LogP contribution is 2.19. The fraction of sp³-hybridized carbons (Fsp3) is 0.300. The Morgan fingerprint density at radius 3 is 2.29 bits per heavy atom. The first-order valence-corrected chi connectivity index (χ1v) is 8.38. The number of aromatic nitrogens is 2. The van der Waals surface area contributed by atoms with Gasteiger partial charge in [-0.05, 0) is 62.8 Å². The zero-order valence-corrected chi connectivity index (χ0v) is 14.2. The summed E-state index contributed by atoms with van der Waals surface area (Å²) in [5, 5.41) is 0. The van der Waals surface area contributed by atoms with Gasteiger partial charge in [-0.15, -0.1) is 0 Å². The number of carbonyl (C=O) groups is 1. The highest BCUT2D eigenvalue weighted by Gasteiger charge is 2.10. The third-order valence-electron chi connectivity index (χ3n) is 4.47. The number of aryl methyl sites for hydroxylation is 4. The summed E-state index contributed by atoms with van der Waals surface area (Å²) in [6.07, 6.45) is 7.18. The van der Waals surface area contributed by atoms with Crippen LogP contribution in [0.5, 0.6) is 0 Å². The smallest absolute Gasteiger partial charge is 0.252 e. The molecule has 4 heteroatoms. The van der Waals surface area contributed by atoms with E-state index < -0.39 is 5.91 Å². The second-order valence-electron chi connectivity index (χ2n) is 6.30. The van der Waals surface area contributed by atoms with Gasteiger partial charge in [0.05, 0.1) is 5.56 Å². The van der Waals surface area contributed by atoms with Crippen molar-refractivity contribution >= 4 is 11.6 Å². The van der Waals surface area contributed by atoms with E-state index in [9.17, 15) is 4.79 Å². The minimum atomic E-state index is -0.440. The number of fused-ring (bicyclic) bond motifs is 2. The van der Waals surface area contributed by atoms with Crippen LogP contribution in [0.3, 0.4) is 0 Å². The summed E-state index contributed by atoms with van der Waals surface area (Å²) < 4.78 is 1.85. The maximum atomic E-state index is 11.1. The lowest BCUT2D eigenvalue weighted by Crippen LogP contribution is -2.11. The molecule has 0 bridgehead atoms. The summed E-state index contributed by atoms with van der Waals surface area (Å²) in [5.74, 6) is -0.440. The van der Waals surface area contributed by atoms with Crippen molar-refractivity contribution in [3.05, 3.63) is 70.7 Å². The summed E-state index contributed by atoms with van der Waals surface area (Å²) >= 11 is 0. The van der Waals surface area contributed by atoms with Crippen LogP contribution in [0.4, 0.5) is 0 Å². The third-order valence-corrected chi connectivity index (χ3v) is 4.47. The Hall–Kier alpha value is -2.62. The van der Waals surface area contributed by atoms with Crippen molar-refractivity contribution in [3.8, 4) is 0 Å². The van der Waals surface area contributed by atoms with Crippen LogP contribution in [-0.4, -0.2) is 15.3 Å². The van der Waals surface area contributed by atoms with E-state index >= 15 is 0 Å². The number of hydrogen-bond donors (Lipinski definition) is 1. The quantitative estimate of drug-likeness (QED) is 0.744. The van der Waals surface area contributed by atoms with Crippen molar-refractivity contribution in [1.82, 2.24) is 9.38 Å². The van der Waals surface area contributed by atoms with Crippen LogP contribution in [0.15, 0.2) is 42.6 Å². The number of nitrogens with two attached hydrogens (primary N) is 1. The van der Waals surface area contributed by atoms with Crippen molar-refractivity contribution in [2.75, 3.05) is 0 Å². The summed E-state index contributed by atoms with van der Waals surface area (Å²) in [6.45, 7) is 3.86. The molecule has 2 aromatic heterocycles. The molecule has 4 rings (SSSR count). The van der Waals surface area contributed by atoms with Crippen LogP contribution in [0.1, 0.15) is 45.7 Å². The van der Waals surface area contributed by atoms with Crippen molar-refractivity contribution in [1.29, 1.82) is 0 Å². The van der Waals surface area contributed by atoms with Crippen LogP contribution in [0.2, 0.25) is 0 Å². The van der Waals surface area contributed by atoms with E-state index in [1.165, 1.54) is 25.7 Å². The maximum absolute atomic E-state index is 11.1. The van der Waals surface area contributed by atoms with Gasteiger partial charge in [-0.1, -0.05) is 24.3 Å². The molecular weight excluding hydrogens is 298 g/mol. The van der Waals surface area contributed by atoms with Gasteiger partial charge < -0.3 is 10.1 Å². The molecule has 1 aliphatic carbocycles. The molecule has 1 amide bonds. The fourth-order valence-electron chi connectivity index (χ4n) is 3.26. The van der Waals surface area contributed by atoms with Gasteiger partial charge >= 0.3 is 0 Å². The summed E-state index contributed by atoms with van der Waals surface area (Å²) in [5.41, 5.74) is 11.4. The van der Waals surface area contributed by atoms with Crippen molar-refractivity contribution in [3.63, 3.8) is 0 Å². The molecule has 1 aromatic carbocycles. The molecule has 0 fully saturated rings. The Bertz CT molecular complexity index is 855. The number of rotatable bonds is 1. The first-order valence-electron chi connectivity index (χ1n) is 8.38. The second kappa shape index (κ2) is 6.87. The lowest BCUT2D eigenvalue weighted by molar-refractivity contribution is 0.100. The SMILES string of the molecule is Cc1cc(C)n2ccc(C(N)=O)c2n1.c1ccc2c(c1)CCCC2. The minimum absolute atomic E-state index is 0.440. The maximum Gasteiger partial charge on any atom is 0.252 e. The van der Waals surface area contributed by atoms with Gasteiger partial charge in [0.15, 0.2) is 0 Å². The topological polar surface area (TPSA) is 60.4 Å². The molecule has 0 spiro atoms. The van der Waals surface area contributed by atoms with Crippen LogP contribution in [0.25, 0.3) is 5.65 Å². The van der Waals surface area contributed by atoms with E-state index in [0.717, 1.165) is 11.4 Å². The number of amides is 1. The number of nitrogens with zero attached hydrogens (tertiary/aromatic N) is 2. The van der Waals surface area contributed by atoms with E-state index in [0.29, 0.717) is 11.2 Å². The van der Waals surface area contributed by atoms with Gasteiger partial charge in [0, 0.05) is 17.6 Å². The van der Waals surface area contributed by atoms with Crippen LogP contribution >= 0.6 is 0 Å². The van der Waals surface area contributed by atoms with E-state index in [1.807, 2.05) is 24.3 Å². The van der Waals surface area contributed by atoms with E-state index in [1.54, 1.807) is 23.4 Å². The lowest BCUT2D eigenvalue weighted by atomic mass is 9.92. The van der Waals surface area contributed by atoms with E-state index in [2.05, 4.69) is 29.2 Å². The molecule has 4 nitrogen and oxygen atoms in total. The zero-order chi connectivity index (χ0) is 17.1. The normalized spacial score (nSPS) is 13.1. The summed E-state index contributed by atoms with van der Waals surface area (Å²) in [7, 11) is 0. The predicted octanol–water partition coefficient (Wildman–Crippen LogP) is 3.62. The Labute approximate surface area is 142 Å². The second-order valence-corrected chi connectivity index (χ2v) is 6.30. The predicted molar refractivity (Wildman–Crippen MR) is 96.3 cm³/mol. The first-order chi connectivity index (χ1) is 11.6. The van der Waals surface area contributed by atoms with Crippen LogP contribution < -0.4 is 5.73 Å². The molecule has 2 N–H and O–H groups in total. The number of primary amides is 1. The monoisotopic (exact) mass is 321 g/mol. The average molecular weight is 321 g/mol. The highest BCUT2D eigenvalue weighted by atomic mass is 16.1. The average Bonchev–Trinajstić information content (AvgIpc) is 3.00. The molecule has 124 valence electrons. The summed E-state index contributed by atoms with van der Waals surface area (Å²) in [6, 6.07) is 12.5. The van der Waals surface area contributed by atoms with Crippen molar-refractivity contribution in [2.24, 2.45) is 5.73 Å². The zero-order valence-electron chi connectivity index (χ0n) is 14.2. The lowest BCUT2D eigenvalue weighted by Gasteiger charge is -2.13. The molecule has 2 heterocycles. The molecule has 0 radical (unpaired) electrons. The number of benzene rings is 1. The van der Waals surface area contributed by atoms with Gasteiger partial charge in [0.2, 0.25) is 0 Å². The molecule has 0 unspecified atom stereocenters. The van der Waals surface area contributed by atoms with Crippen LogP contribution in [-0.2, 0) is 12.8 Å². The Morgan fingerprint density at radius 1 is 1.08 bits per heavy atom. The van der Waals surface area contributed by atoms with Gasteiger partial charge in [-0.3, -0.25) is 4.79 Å². The Kier molecular flexibility index (Phi) is 4.65. The molecule has 0 saturated heterocycles. The molecule has 0 aliphatic heterocycles.